The van der Waals surface area contributed by atoms with Gasteiger partial charge in [0.1, 0.15) is 0 Å². The topological polar surface area (TPSA) is 15.3 Å². The van der Waals surface area contributed by atoms with Crippen molar-refractivity contribution >= 4 is 27.5 Å². The second-order valence-corrected chi connectivity index (χ2v) is 6.92. The highest BCUT2D eigenvalue weighted by Gasteiger charge is 2.30. The molecule has 1 aliphatic carbocycles. The quantitative estimate of drug-likeness (QED) is 0.893. The smallest absolute Gasteiger partial charge is 0.0548 e. The molecule has 0 radical (unpaired) electrons. The Hall–Kier alpha value is -0.0900. The molecule has 1 aromatic rings. The van der Waals surface area contributed by atoms with E-state index >= 15 is 0 Å². The predicted octanol–water partition coefficient (Wildman–Crippen LogP) is 3.85. The average Bonchev–Trinajstić information content (AvgIpc) is 3.24. The van der Waals surface area contributed by atoms with Crippen molar-refractivity contribution in [2.75, 3.05) is 26.2 Å². The lowest BCUT2D eigenvalue weighted by Crippen LogP contribution is -2.45. The molecular weight excluding hydrogens is 324 g/mol. The first-order valence-electron chi connectivity index (χ1n) is 7.14. The molecule has 1 N–H and O–H groups in total. The van der Waals surface area contributed by atoms with Crippen LogP contribution in [-0.2, 0) is 0 Å². The van der Waals surface area contributed by atoms with Gasteiger partial charge in [-0.2, -0.15) is 0 Å². The van der Waals surface area contributed by atoms with E-state index < -0.39 is 0 Å². The molecule has 1 saturated heterocycles. The Balaban J connectivity index is 1.81. The maximum absolute atomic E-state index is 6.12. The Labute approximate surface area is 128 Å². The van der Waals surface area contributed by atoms with Crippen molar-refractivity contribution in [3.63, 3.8) is 0 Å². The number of benzene rings is 1. The second kappa shape index (κ2) is 6.13. The first kappa shape index (κ1) is 13.9. The van der Waals surface area contributed by atoms with Gasteiger partial charge in [0.2, 0.25) is 0 Å². The third-order valence-corrected chi connectivity index (χ3v) is 5.39. The fourth-order valence-corrected chi connectivity index (χ4v) is 3.39. The summed E-state index contributed by atoms with van der Waals surface area (Å²) in [5, 5.41) is 4.24. The minimum absolute atomic E-state index is 0.558. The molecule has 2 aliphatic rings. The van der Waals surface area contributed by atoms with Crippen LogP contribution in [0.1, 0.15) is 30.9 Å². The molecule has 0 amide bonds. The van der Waals surface area contributed by atoms with E-state index in [0.29, 0.717) is 6.04 Å². The molecule has 0 aromatic heterocycles. The van der Waals surface area contributed by atoms with Gasteiger partial charge in [-0.1, -0.05) is 30.5 Å². The van der Waals surface area contributed by atoms with Crippen LogP contribution < -0.4 is 5.32 Å². The summed E-state index contributed by atoms with van der Waals surface area (Å²) in [6, 6.07) is 6.98. The van der Waals surface area contributed by atoms with Crippen LogP contribution in [0.2, 0.25) is 5.02 Å². The first-order valence-corrected chi connectivity index (χ1v) is 8.31. The van der Waals surface area contributed by atoms with E-state index in [-0.39, 0.29) is 0 Å². The van der Waals surface area contributed by atoms with E-state index in [1.807, 2.05) is 6.07 Å². The highest BCUT2D eigenvalue weighted by atomic mass is 79.9. The van der Waals surface area contributed by atoms with Gasteiger partial charge in [0, 0.05) is 36.7 Å². The van der Waals surface area contributed by atoms with Gasteiger partial charge in [-0.3, -0.25) is 4.90 Å². The summed E-state index contributed by atoms with van der Waals surface area (Å²) in [5.74, 6) is 0.939. The molecular formula is C15H20BrClN2. The summed E-state index contributed by atoms with van der Waals surface area (Å²) in [6.45, 7) is 4.51. The van der Waals surface area contributed by atoms with E-state index in [0.717, 1.165) is 41.6 Å². The molecule has 104 valence electrons. The third-order valence-electron chi connectivity index (χ3n) is 4.17. The number of nitrogens with zero attached hydrogens (tertiary/aromatic N) is 1. The normalized spacial score (nSPS) is 22.4. The lowest BCUT2D eigenvalue weighted by atomic mass is 9.99. The summed E-state index contributed by atoms with van der Waals surface area (Å²) >= 11 is 9.68. The van der Waals surface area contributed by atoms with Crippen LogP contribution in [0.4, 0.5) is 0 Å². The lowest BCUT2D eigenvalue weighted by molar-refractivity contribution is 0.160. The molecule has 2 fully saturated rings. The molecule has 3 rings (SSSR count). The van der Waals surface area contributed by atoms with Crippen LogP contribution >= 0.6 is 27.5 Å². The molecule has 2 nitrogen and oxygen atoms in total. The second-order valence-electron chi connectivity index (χ2n) is 5.65. The minimum Gasteiger partial charge on any atom is -0.314 e. The van der Waals surface area contributed by atoms with Gasteiger partial charge in [-0.25, -0.2) is 0 Å². The maximum Gasteiger partial charge on any atom is 0.0548 e. The van der Waals surface area contributed by atoms with E-state index in [1.165, 1.54) is 24.8 Å². The van der Waals surface area contributed by atoms with Crippen molar-refractivity contribution in [1.82, 2.24) is 10.2 Å². The van der Waals surface area contributed by atoms with Gasteiger partial charge >= 0.3 is 0 Å². The van der Waals surface area contributed by atoms with Crippen molar-refractivity contribution in [3.05, 3.63) is 33.3 Å². The summed E-state index contributed by atoms with van der Waals surface area (Å²) in [6.07, 6.45) is 4.13. The average molecular weight is 344 g/mol. The van der Waals surface area contributed by atoms with Crippen molar-refractivity contribution in [2.45, 2.75) is 25.3 Å². The molecule has 0 unspecified atom stereocenters. The molecule has 0 bridgehead atoms. The highest BCUT2D eigenvalue weighted by molar-refractivity contribution is 9.10. The minimum atomic E-state index is 0.558. The fourth-order valence-electron chi connectivity index (χ4n) is 2.88. The lowest BCUT2D eigenvalue weighted by Gasteiger charge is -2.35. The molecule has 1 atom stereocenters. The van der Waals surface area contributed by atoms with Gasteiger partial charge in [0.05, 0.1) is 5.02 Å². The van der Waals surface area contributed by atoms with Gasteiger partial charge in [-0.15, -0.1) is 0 Å². The highest BCUT2D eigenvalue weighted by Crippen LogP contribution is 2.41. The fraction of sp³-hybridized carbons (Fsp3) is 0.600. The summed E-state index contributed by atoms with van der Waals surface area (Å²) in [5.41, 5.74) is 1.41. The SMILES string of the molecule is Clc1ccc([C@H](CC2CC2)N2CCNCC2)cc1Br. The van der Waals surface area contributed by atoms with Crippen molar-refractivity contribution in [2.24, 2.45) is 5.92 Å². The zero-order chi connectivity index (χ0) is 13.2. The monoisotopic (exact) mass is 342 g/mol. The Kier molecular flexibility index (Phi) is 4.47. The zero-order valence-electron chi connectivity index (χ0n) is 11.0. The van der Waals surface area contributed by atoms with Crippen molar-refractivity contribution < 1.29 is 0 Å². The first-order chi connectivity index (χ1) is 9.24. The van der Waals surface area contributed by atoms with Crippen LogP contribution in [0.3, 0.4) is 0 Å². The molecule has 0 spiro atoms. The summed E-state index contributed by atoms with van der Waals surface area (Å²) < 4.78 is 1.02. The predicted molar refractivity (Wildman–Crippen MR) is 83.7 cm³/mol. The number of rotatable bonds is 4. The summed E-state index contributed by atoms with van der Waals surface area (Å²) in [7, 11) is 0. The van der Waals surface area contributed by atoms with E-state index in [1.54, 1.807) is 0 Å². The molecule has 1 heterocycles. The van der Waals surface area contributed by atoms with Crippen LogP contribution in [0.15, 0.2) is 22.7 Å². The molecule has 1 saturated carbocycles. The molecule has 19 heavy (non-hydrogen) atoms. The van der Waals surface area contributed by atoms with Crippen LogP contribution in [0.25, 0.3) is 0 Å². The number of nitrogens with one attached hydrogen (secondary N) is 1. The summed E-state index contributed by atoms with van der Waals surface area (Å²) in [4.78, 5) is 2.63. The van der Waals surface area contributed by atoms with Crippen LogP contribution in [0.5, 0.6) is 0 Å². The van der Waals surface area contributed by atoms with Crippen LogP contribution in [0, 0.1) is 5.92 Å². The van der Waals surface area contributed by atoms with Crippen molar-refractivity contribution in [3.8, 4) is 0 Å². The Morgan fingerprint density at radius 2 is 2.05 bits per heavy atom. The van der Waals surface area contributed by atoms with Crippen LogP contribution in [-0.4, -0.2) is 31.1 Å². The Bertz CT molecular complexity index is 442. The zero-order valence-corrected chi connectivity index (χ0v) is 13.4. The van der Waals surface area contributed by atoms with Gasteiger partial charge in [0.25, 0.3) is 0 Å². The molecule has 1 aromatic carbocycles. The Morgan fingerprint density at radius 1 is 1.32 bits per heavy atom. The number of hydrogen-bond acceptors (Lipinski definition) is 2. The maximum atomic E-state index is 6.12. The van der Waals surface area contributed by atoms with Crippen molar-refractivity contribution in [1.29, 1.82) is 0 Å². The van der Waals surface area contributed by atoms with E-state index in [9.17, 15) is 0 Å². The van der Waals surface area contributed by atoms with E-state index in [4.69, 9.17) is 11.6 Å². The molecule has 4 heteroatoms. The van der Waals surface area contributed by atoms with Gasteiger partial charge in [0.15, 0.2) is 0 Å². The largest absolute Gasteiger partial charge is 0.314 e. The molecule has 1 aliphatic heterocycles. The van der Waals surface area contributed by atoms with E-state index in [2.05, 4.69) is 38.3 Å². The standard InChI is InChI=1S/C15H20BrClN2/c16-13-10-12(3-4-14(13)17)15(9-11-1-2-11)19-7-5-18-6-8-19/h3-4,10-11,15,18H,1-2,5-9H2/t15-/m0/s1. The number of hydrogen-bond donors (Lipinski definition) is 1. The number of piperazine rings is 1. The van der Waals surface area contributed by atoms with Gasteiger partial charge < -0.3 is 5.32 Å². The third kappa shape index (κ3) is 3.52. The number of halogens is 2. The van der Waals surface area contributed by atoms with Gasteiger partial charge in [-0.05, 0) is 46.0 Å². The Morgan fingerprint density at radius 3 is 2.68 bits per heavy atom.